The van der Waals surface area contributed by atoms with Gasteiger partial charge in [0.1, 0.15) is 5.75 Å². The van der Waals surface area contributed by atoms with Gasteiger partial charge in [-0.25, -0.2) is 4.79 Å². The zero-order valence-electron chi connectivity index (χ0n) is 16.6. The molecule has 2 aromatic carbocycles. The van der Waals surface area contributed by atoms with Crippen LogP contribution in [0.3, 0.4) is 0 Å². The minimum atomic E-state index is -0.682. The van der Waals surface area contributed by atoms with Gasteiger partial charge in [-0.2, -0.15) is 0 Å². The minimum Gasteiger partial charge on any atom is -0.497 e. The molecule has 0 aliphatic heterocycles. The number of esters is 1. The normalized spacial score (nSPS) is 10.2. The number of carbonyl (C=O) groups excluding carboxylic acids is 2. The summed E-state index contributed by atoms with van der Waals surface area (Å²) in [6.07, 6.45) is 0.648. The summed E-state index contributed by atoms with van der Waals surface area (Å²) in [5, 5.41) is 2.93. The van der Waals surface area contributed by atoms with Gasteiger partial charge in [0.05, 0.1) is 31.4 Å². The number of hydrogen-bond donors (Lipinski definition) is 1. The number of benzene rings is 2. The molecule has 156 valence electrons. The van der Waals surface area contributed by atoms with Crippen LogP contribution in [0.4, 0.5) is 0 Å². The van der Waals surface area contributed by atoms with E-state index in [4.69, 9.17) is 30.5 Å². The molecule has 8 heteroatoms. The Balaban J connectivity index is 1.83. The standard InChI is InChI=1S/C21H24ClNO6/c1-4-28-20-17(22)11-15(12-18(20)27-3)21(25)29-13-19(24)23-10-9-14-5-7-16(26-2)8-6-14/h5-8,11-12H,4,9-10,13H2,1-3H3,(H,23,24). The number of hydrogen-bond acceptors (Lipinski definition) is 6. The Bertz CT molecular complexity index is 838. The Morgan fingerprint density at radius 3 is 2.41 bits per heavy atom. The summed E-state index contributed by atoms with van der Waals surface area (Å²) < 4.78 is 20.8. The minimum absolute atomic E-state index is 0.168. The largest absolute Gasteiger partial charge is 0.497 e. The SMILES string of the molecule is CCOc1c(Cl)cc(C(=O)OCC(=O)NCCc2ccc(OC)cc2)cc1OC. The highest BCUT2D eigenvalue weighted by atomic mass is 35.5. The van der Waals surface area contributed by atoms with Crippen LogP contribution < -0.4 is 19.5 Å². The Labute approximate surface area is 174 Å². The van der Waals surface area contributed by atoms with Gasteiger partial charge in [0, 0.05) is 6.54 Å². The maximum absolute atomic E-state index is 12.2. The molecule has 7 nitrogen and oxygen atoms in total. The lowest BCUT2D eigenvalue weighted by molar-refractivity contribution is -0.124. The Morgan fingerprint density at radius 2 is 1.79 bits per heavy atom. The molecular formula is C21H24ClNO6. The molecule has 0 heterocycles. The molecule has 0 radical (unpaired) electrons. The van der Waals surface area contributed by atoms with Gasteiger partial charge in [-0.15, -0.1) is 0 Å². The smallest absolute Gasteiger partial charge is 0.338 e. The highest BCUT2D eigenvalue weighted by molar-refractivity contribution is 6.32. The van der Waals surface area contributed by atoms with Crippen LogP contribution in [-0.4, -0.2) is 45.9 Å². The van der Waals surface area contributed by atoms with Crippen molar-refractivity contribution in [2.75, 3.05) is 34.0 Å². The Kier molecular flexibility index (Phi) is 8.61. The third-order valence-corrected chi connectivity index (χ3v) is 4.26. The van der Waals surface area contributed by atoms with E-state index in [0.29, 0.717) is 31.1 Å². The molecule has 0 fully saturated rings. The number of carbonyl (C=O) groups is 2. The van der Waals surface area contributed by atoms with Crippen molar-refractivity contribution >= 4 is 23.5 Å². The fourth-order valence-electron chi connectivity index (χ4n) is 2.53. The molecule has 0 aliphatic carbocycles. The highest BCUT2D eigenvalue weighted by Crippen LogP contribution is 2.36. The summed E-state index contributed by atoms with van der Waals surface area (Å²) >= 11 is 6.14. The predicted molar refractivity (Wildman–Crippen MR) is 109 cm³/mol. The van der Waals surface area contributed by atoms with Crippen LogP contribution >= 0.6 is 11.6 Å². The molecular weight excluding hydrogens is 398 g/mol. The molecule has 2 aromatic rings. The Hall–Kier alpha value is -2.93. The zero-order valence-corrected chi connectivity index (χ0v) is 17.4. The summed E-state index contributed by atoms with van der Waals surface area (Å²) in [4.78, 5) is 24.1. The predicted octanol–water partition coefficient (Wildman–Crippen LogP) is 3.27. The third-order valence-electron chi connectivity index (χ3n) is 3.98. The second-order valence-corrected chi connectivity index (χ2v) is 6.35. The number of methoxy groups -OCH3 is 2. The van der Waals surface area contributed by atoms with Gasteiger partial charge in [-0.3, -0.25) is 4.79 Å². The lowest BCUT2D eigenvalue weighted by Crippen LogP contribution is -2.30. The van der Waals surface area contributed by atoms with E-state index in [1.165, 1.54) is 19.2 Å². The van der Waals surface area contributed by atoms with Gasteiger partial charge in [0.25, 0.3) is 5.91 Å². The average molecular weight is 422 g/mol. The quantitative estimate of drug-likeness (QED) is 0.593. The van der Waals surface area contributed by atoms with Crippen molar-refractivity contribution in [3.05, 3.63) is 52.5 Å². The average Bonchev–Trinajstić information content (AvgIpc) is 2.73. The topological polar surface area (TPSA) is 83.1 Å². The van der Waals surface area contributed by atoms with Gasteiger partial charge in [0.2, 0.25) is 0 Å². The second-order valence-electron chi connectivity index (χ2n) is 5.95. The molecule has 0 saturated carbocycles. The second kappa shape index (κ2) is 11.2. The van der Waals surface area contributed by atoms with Crippen molar-refractivity contribution in [3.8, 4) is 17.2 Å². The fourth-order valence-corrected chi connectivity index (χ4v) is 2.79. The molecule has 1 N–H and O–H groups in total. The van der Waals surface area contributed by atoms with Gasteiger partial charge >= 0.3 is 5.97 Å². The van der Waals surface area contributed by atoms with E-state index in [0.717, 1.165) is 11.3 Å². The van der Waals surface area contributed by atoms with Crippen molar-refractivity contribution < 1.29 is 28.5 Å². The van der Waals surface area contributed by atoms with E-state index in [2.05, 4.69) is 5.32 Å². The van der Waals surface area contributed by atoms with Gasteiger partial charge < -0.3 is 24.3 Å². The zero-order chi connectivity index (χ0) is 21.2. The van der Waals surface area contributed by atoms with Crippen LogP contribution in [0.1, 0.15) is 22.8 Å². The molecule has 0 atom stereocenters. The van der Waals surface area contributed by atoms with Gasteiger partial charge in [-0.05, 0) is 43.2 Å². The first-order valence-electron chi connectivity index (χ1n) is 9.05. The summed E-state index contributed by atoms with van der Waals surface area (Å²) in [6, 6.07) is 10.4. The molecule has 0 spiro atoms. The molecule has 0 bridgehead atoms. The Morgan fingerprint density at radius 1 is 1.07 bits per heavy atom. The molecule has 0 unspecified atom stereocenters. The van der Waals surface area contributed by atoms with Crippen molar-refractivity contribution in [2.24, 2.45) is 0 Å². The van der Waals surface area contributed by atoms with E-state index in [1.807, 2.05) is 31.2 Å². The maximum Gasteiger partial charge on any atom is 0.338 e. The van der Waals surface area contributed by atoms with Crippen LogP contribution in [0.5, 0.6) is 17.2 Å². The maximum atomic E-state index is 12.2. The monoisotopic (exact) mass is 421 g/mol. The lowest BCUT2D eigenvalue weighted by Gasteiger charge is -2.13. The van der Waals surface area contributed by atoms with E-state index < -0.39 is 18.5 Å². The number of rotatable bonds is 10. The lowest BCUT2D eigenvalue weighted by atomic mass is 10.1. The summed E-state index contributed by atoms with van der Waals surface area (Å²) in [7, 11) is 3.05. The molecule has 0 aliphatic rings. The number of nitrogens with one attached hydrogen (secondary N) is 1. The van der Waals surface area contributed by atoms with Crippen LogP contribution in [0.2, 0.25) is 5.02 Å². The van der Waals surface area contributed by atoms with E-state index in [-0.39, 0.29) is 10.6 Å². The van der Waals surface area contributed by atoms with Gasteiger partial charge in [-0.1, -0.05) is 23.7 Å². The molecule has 0 saturated heterocycles. The first-order valence-corrected chi connectivity index (χ1v) is 9.43. The number of ether oxygens (including phenoxy) is 4. The van der Waals surface area contributed by atoms with Crippen LogP contribution in [0.25, 0.3) is 0 Å². The first-order chi connectivity index (χ1) is 14.0. The van der Waals surface area contributed by atoms with E-state index in [9.17, 15) is 9.59 Å². The van der Waals surface area contributed by atoms with Crippen molar-refractivity contribution in [2.45, 2.75) is 13.3 Å². The molecule has 2 rings (SSSR count). The van der Waals surface area contributed by atoms with Crippen molar-refractivity contribution in [3.63, 3.8) is 0 Å². The molecule has 1 amide bonds. The van der Waals surface area contributed by atoms with E-state index >= 15 is 0 Å². The number of amides is 1. The highest BCUT2D eigenvalue weighted by Gasteiger charge is 2.17. The fraction of sp³-hybridized carbons (Fsp3) is 0.333. The summed E-state index contributed by atoms with van der Waals surface area (Å²) in [6.45, 7) is 2.24. The first kappa shape index (κ1) is 22.4. The third kappa shape index (κ3) is 6.57. The molecule has 29 heavy (non-hydrogen) atoms. The van der Waals surface area contributed by atoms with Crippen LogP contribution in [0.15, 0.2) is 36.4 Å². The van der Waals surface area contributed by atoms with Crippen molar-refractivity contribution in [1.82, 2.24) is 5.32 Å². The number of halogens is 1. The summed E-state index contributed by atoms with van der Waals surface area (Å²) in [5.74, 6) is 0.366. The van der Waals surface area contributed by atoms with Gasteiger partial charge in [0.15, 0.2) is 18.1 Å². The van der Waals surface area contributed by atoms with Crippen molar-refractivity contribution in [1.29, 1.82) is 0 Å². The van der Waals surface area contributed by atoms with E-state index in [1.54, 1.807) is 7.11 Å². The van der Waals surface area contributed by atoms with Crippen LogP contribution in [-0.2, 0) is 16.0 Å². The molecule has 0 aromatic heterocycles. The van der Waals surface area contributed by atoms with Crippen LogP contribution in [0, 0.1) is 0 Å². The summed E-state index contributed by atoms with van der Waals surface area (Å²) in [5.41, 5.74) is 1.22.